The van der Waals surface area contributed by atoms with Gasteiger partial charge in [0, 0.05) is 13.5 Å². The van der Waals surface area contributed by atoms with Gasteiger partial charge in [-0.2, -0.15) is 0 Å². The number of nitrogens with zero attached hydrogens (tertiary/aromatic N) is 1. The van der Waals surface area contributed by atoms with E-state index in [0.29, 0.717) is 13.0 Å². The Kier molecular flexibility index (Phi) is 4.97. The van der Waals surface area contributed by atoms with Crippen LogP contribution in [0.4, 0.5) is 0 Å². The molecule has 0 aromatic rings. The van der Waals surface area contributed by atoms with E-state index in [1.807, 2.05) is 11.8 Å². The lowest BCUT2D eigenvalue weighted by Crippen LogP contribution is -2.53. The summed E-state index contributed by atoms with van der Waals surface area (Å²) in [6.45, 7) is 4.21. The average molecular weight is 241 g/mol. The van der Waals surface area contributed by atoms with E-state index in [1.54, 1.807) is 6.92 Å². The maximum absolute atomic E-state index is 11.7. The molecule has 0 aliphatic heterocycles. The Hall–Kier alpha value is -1.06. The first-order valence-electron chi connectivity index (χ1n) is 6.41. The molecule has 0 unspecified atom stereocenters. The monoisotopic (exact) mass is 241 g/mol. The number of carbonyl (C=O) groups is 2. The Morgan fingerprint density at radius 3 is 2.24 bits per heavy atom. The van der Waals surface area contributed by atoms with Crippen LogP contribution in [0.25, 0.3) is 0 Å². The SMILES string of the molecule is CCN(C(C)=O)C1(CC(=O)OC)CCCCC1. The van der Waals surface area contributed by atoms with Crippen molar-refractivity contribution in [3.8, 4) is 0 Å². The fraction of sp³-hybridized carbons (Fsp3) is 0.846. The molecule has 0 spiro atoms. The molecule has 1 amide bonds. The van der Waals surface area contributed by atoms with Crippen molar-refractivity contribution in [3.05, 3.63) is 0 Å². The van der Waals surface area contributed by atoms with Crippen LogP contribution in [-0.4, -0.2) is 36.0 Å². The van der Waals surface area contributed by atoms with Crippen molar-refractivity contribution >= 4 is 11.9 Å². The minimum Gasteiger partial charge on any atom is -0.469 e. The first kappa shape index (κ1) is 14.0. The second kappa shape index (κ2) is 6.03. The van der Waals surface area contributed by atoms with Gasteiger partial charge in [0.15, 0.2) is 0 Å². The van der Waals surface area contributed by atoms with Gasteiger partial charge < -0.3 is 9.64 Å². The summed E-state index contributed by atoms with van der Waals surface area (Å²) in [5.74, 6) is -0.162. The molecule has 1 aliphatic carbocycles. The molecule has 1 fully saturated rings. The maximum Gasteiger partial charge on any atom is 0.307 e. The molecule has 0 aromatic carbocycles. The van der Waals surface area contributed by atoms with Crippen LogP contribution in [0.2, 0.25) is 0 Å². The topological polar surface area (TPSA) is 46.6 Å². The van der Waals surface area contributed by atoms with Crippen LogP contribution in [0.15, 0.2) is 0 Å². The van der Waals surface area contributed by atoms with Crippen molar-refractivity contribution < 1.29 is 14.3 Å². The Morgan fingerprint density at radius 2 is 1.82 bits per heavy atom. The highest BCUT2D eigenvalue weighted by atomic mass is 16.5. The summed E-state index contributed by atoms with van der Waals surface area (Å²) in [7, 11) is 1.41. The van der Waals surface area contributed by atoms with E-state index in [2.05, 4.69) is 0 Å². The van der Waals surface area contributed by atoms with Gasteiger partial charge in [0.05, 0.1) is 19.1 Å². The predicted octanol–water partition coefficient (Wildman–Crippen LogP) is 2.12. The third kappa shape index (κ3) is 3.20. The van der Waals surface area contributed by atoms with Gasteiger partial charge in [-0.15, -0.1) is 0 Å². The number of carbonyl (C=O) groups excluding carboxylic acids is 2. The van der Waals surface area contributed by atoms with Gasteiger partial charge in [0.25, 0.3) is 0 Å². The van der Waals surface area contributed by atoms with Crippen LogP contribution >= 0.6 is 0 Å². The smallest absolute Gasteiger partial charge is 0.307 e. The van der Waals surface area contributed by atoms with Crippen LogP contribution in [0.3, 0.4) is 0 Å². The molecule has 0 atom stereocenters. The number of amides is 1. The molecule has 1 saturated carbocycles. The van der Waals surface area contributed by atoms with Gasteiger partial charge in [-0.05, 0) is 19.8 Å². The lowest BCUT2D eigenvalue weighted by molar-refractivity contribution is -0.148. The van der Waals surface area contributed by atoms with Crippen molar-refractivity contribution in [2.45, 2.75) is 57.9 Å². The second-order valence-corrected chi connectivity index (χ2v) is 4.80. The largest absolute Gasteiger partial charge is 0.469 e. The molecule has 17 heavy (non-hydrogen) atoms. The summed E-state index contributed by atoms with van der Waals surface area (Å²) in [6, 6.07) is 0. The molecule has 1 aliphatic rings. The van der Waals surface area contributed by atoms with Gasteiger partial charge >= 0.3 is 5.97 Å². The van der Waals surface area contributed by atoms with E-state index in [-0.39, 0.29) is 17.4 Å². The molecule has 0 bridgehead atoms. The molecule has 0 N–H and O–H groups in total. The van der Waals surface area contributed by atoms with Crippen LogP contribution < -0.4 is 0 Å². The van der Waals surface area contributed by atoms with E-state index in [0.717, 1.165) is 25.7 Å². The van der Waals surface area contributed by atoms with E-state index >= 15 is 0 Å². The van der Waals surface area contributed by atoms with Crippen molar-refractivity contribution in [2.75, 3.05) is 13.7 Å². The fourth-order valence-electron chi connectivity index (χ4n) is 2.98. The lowest BCUT2D eigenvalue weighted by atomic mass is 9.77. The zero-order valence-electron chi connectivity index (χ0n) is 11.1. The van der Waals surface area contributed by atoms with Crippen LogP contribution in [-0.2, 0) is 14.3 Å². The normalized spacial score (nSPS) is 18.5. The number of hydrogen-bond acceptors (Lipinski definition) is 3. The predicted molar refractivity (Wildman–Crippen MR) is 65.5 cm³/mol. The fourth-order valence-corrected chi connectivity index (χ4v) is 2.98. The number of rotatable bonds is 4. The number of methoxy groups -OCH3 is 1. The van der Waals surface area contributed by atoms with E-state index in [1.165, 1.54) is 13.5 Å². The van der Waals surface area contributed by atoms with Gasteiger partial charge in [-0.25, -0.2) is 0 Å². The average Bonchev–Trinajstić information content (AvgIpc) is 2.30. The van der Waals surface area contributed by atoms with Gasteiger partial charge in [0.1, 0.15) is 0 Å². The highest BCUT2D eigenvalue weighted by molar-refractivity contribution is 5.77. The van der Waals surface area contributed by atoms with Crippen molar-refractivity contribution in [3.63, 3.8) is 0 Å². The van der Waals surface area contributed by atoms with Gasteiger partial charge in [-0.1, -0.05) is 19.3 Å². The molecule has 4 nitrogen and oxygen atoms in total. The molecular weight excluding hydrogens is 218 g/mol. The zero-order valence-corrected chi connectivity index (χ0v) is 11.1. The van der Waals surface area contributed by atoms with Crippen molar-refractivity contribution in [2.24, 2.45) is 0 Å². The Labute approximate surface area is 103 Å². The number of hydrogen-bond donors (Lipinski definition) is 0. The maximum atomic E-state index is 11.7. The number of ether oxygens (including phenoxy) is 1. The van der Waals surface area contributed by atoms with E-state index in [4.69, 9.17) is 4.74 Å². The summed E-state index contributed by atoms with van der Waals surface area (Å²) < 4.78 is 4.78. The summed E-state index contributed by atoms with van der Waals surface area (Å²) in [6.07, 6.45) is 5.52. The minimum absolute atomic E-state index is 0.0540. The summed E-state index contributed by atoms with van der Waals surface area (Å²) in [5.41, 5.74) is -0.300. The van der Waals surface area contributed by atoms with E-state index < -0.39 is 0 Å². The Balaban J connectivity index is 2.90. The lowest BCUT2D eigenvalue weighted by Gasteiger charge is -2.45. The first-order chi connectivity index (χ1) is 8.05. The third-order valence-electron chi connectivity index (χ3n) is 3.75. The zero-order chi connectivity index (χ0) is 12.9. The third-order valence-corrected chi connectivity index (χ3v) is 3.75. The molecule has 4 heteroatoms. The van der Waals surface area contributed by atoms with Crippen molar-refractivity contribution in [1.82, 2.24) is 4.90 Å². The van der Waals surface area contributed by atoms with E-state index in [9.17, 15) is 9.59 Å². The van der Waals surface area contributed by atoms with Gasteiger partial charge in [-0.3, -0.25) is 9.59 Å². The van der Waals surface area contributed by atoms with Crippen LogP contribution in [0.1, 0.15) is 52.4 Å². The van der Waals surface area contributed by atoms with Crippen LogP contribution in [0.5, 0.6) is 0 Å². The second-order valence-electron chi connectivity index (χ2n) is 4.80. The van der Waals surface area contributed by atoms with Crippen molar-refractivity contribution in [1.29, 1.82) is 0 Å². The van der Waals surface area contributed by atoms with Gasteiger partial charge in [0.2, 0.25) is 5.91 Å². The number of esters is 1. The molecule has 0 saturated heterocycles. The summed E-state index contributed by atoms with van der Waals surface area (Å²) in [4.78, 5) is 25.1. The molecule has 1 rings (SSSR count). The Morgan fingerprint density at radius 1 is 1.24 bits per heavy atom. The summed E-state index contributed by atoms with van der Waals surface area (Å²) >= 11 is 0. The molecule has 0 aromatic heterocycles. The standard InChI is InChI=1S/C13H23NO3/c1-4-14(11(2)15)13(10-12(16)17-3)8-6-5-7-9-13/h4-10H2,1-3H3. The quantitative estimate of drug-likeness (QED) is 0.708. The summed E-state index contributed by atoms with van der Waals surface area (Å²) in [5, 5.41) is 0. The molecular formula is C13H23NO3. The molecule has 98 valence electrons. The minimum atomic E-state index is -0.300. The Bertz CT molecular complexity index is 282. The highest BCUT2D eigenvalue weighted by Gasteiger charge is 2.40. The highest BCUT2D eigenvalue weighted by Crippen LogP contribution is 2.36. The molecule has 0 radical (unpaired) electrons. The van der Waals surface area contributed by atoms with Crippen LogP contribution in [0, 0.1) is 0 Å². The molecule has 0 heterocycles. The first-order valence-corrected chi connectivity index (χ1v) is 6.41.